The summed E-state index contributed by atoms with van der Waals surface area (Å²) in [5.74, 6) is -3.05. The van der Waals surface area contributed by atoms with Crippen LogP contribution in [0.2, 0.25) is 0 Å². The maximum absolute atomic E-state index is 13.5. The SMILES string of the molecule is O=[N+]([O-])c1cc(F)cc(OCC(O)c2c(F)cccc2F)c1. The van der Waals surface area contributed by atoms with Crippen molar-refractivity contribution in [2.75, 3.05) is 6.61 Å². The van der Waals surface area contributed by atoms with Gasteiger partial charge in [-0.15, -0.1) is 0 Å². The van der Waals surface area contributed by atoms with Crippen molar-refractivity contribution in [3.05, 3.63) is 69.5 Å². The first kappa shape index (κ1) is 15.8. The molecule has 1 N–H and O–H groups in total. The minimum absolute atomic E-state index is 0.234. The highest BCUT2D eigenvalue weighted by molar-refractivity contribution is 5.39. The van der Waals surface area contributed by atoms with Gasteiger partial charge in [0.05, 0.1) is 22.6 Å². The summed E-state index contributed by atoms with van der Waals surface area (Å²) in [6.07, 6.45) is -1.65. The van der Waals surface area contributed by atoms with Gasteiger partial charge in [-0.05, 0) is 12.1 Å². The van der Waals surface area contributed by atoms with Crippen LogP contribution in [0.5, 0.6) is 5.75 Å². The topological polar surface area (TPSA) is 72.6 Å². The van der Waals surface area contributed by atoms with Crippen LogP contribution in [0.3, 0.4) is 0 Å². The highest BCUT2D eigenvalue weighted by Gasteiger charge is 2.19. The number of benzene rings is 2. The number of hydrogen-bond donors (Lipinski definition) is 1. The molecular formula is C14H10F3NO4. The van der Waals surface area contributed by atoms with E-state index in [0.717, 1.165) is 30.3 Å². The number of nitro groups is 1. The van der Waals surface area contributed by atoms with Gasteiger partial charge in [0.15, 0.2) is 0 Å². The minimum atomic E-state index is -1.65. The quantitative estimate of drug-likeness (QED) is 0.680. The molecular weight excluding hydrogens is 303 g/mol. The fourth-order valence-electron chi connectivity index (χ4n) is 1.82. The number of nitrogens with zero attached hydrogens (tertiary/aromatic N) is 1. The van der Waals surface area contributed by atoms with Crippen LogP contribution in [-0.4, -0.2) is 16.6 Å². The molecule has 1 unspecified atom stereocenters. The molecule has 0 spiro atoms. The summed E-state index contributed by atoms with van der Waals surface area (Å²) in [6, 6.07) is 5.56. The van der Waals surface area contributed by atoms with Crippen LogP contribution in [0, 0.1) is 27.6 Å². The summed E-state index contributed by atoms with van der Waals surface area (Å²) in [6.45, 7) is -0.599. The lowest BCUT2D eigenvalue weighted by molar-refractivity contribution is -0.385. The Morgan fingerprint density at radius 1 is 1.18 bits per heavy atom. The lowest BCUT2D eigenvalue weighted by Gasteiger charge is -2.14. The molecule has 0 aliphatic rings. The van der Waals surface area contributed by atoms with E-state index in [1.54, 1.807) is 0 Å². The minimum Gasteiger partial charge on any atom is -0.490 e. The number of ether oxygens (including phenoxy) is 1. The molecule has 0 aliphatic heterocycles. The predicted molar refractivity (Wildman–Crippen MR) is 69.9 cm³/mol. The highest BCUT2D eigenvalue weighted by Crippen LogP contribution is 2.25. The van der Waals surface area contributed by atoms with Crippen molar-refractivity contribution in [3.63, 3.8) is 0 Å². The Morgan fingerprint density at radius 2 is 1.82 bits per heavy atom. The van der Waals surface area contributed by atoms with Crippen molar-refractivity contribution < 1.29 is 27.9 Å². The number of nitro benzene ring substituents is 1. The van der Waals surface area contributed by atoms with Gasteiger partial charge >= 0.3 is 0 Å². The second-order valence-electron chi connectivity index (χ2n) is 4.36. The molecule has 5 nitrogen and oxygen atoms in total. The van der Waals surface area contributed by atoms with Gasteiger partial charge in [-0.25, -0.2) is 13.2 Å². The largest absolute Gasteiger partial charge is 0.490 e. The first-order chi connectivity index (χ1) is 10.4. The average Bonchev–Trinajstić information content (AvgIpc) is 2.44. The third kappa shape index (κ3) is 3.53. The lowest BCUT2D eigenvalue weighted by Crippen LogP contribution is -2.13. The Labute approximate surface area is 122 Å². The zero-order valence-corrected chi connectivity index (χ0v) is 11.0. The van der Waals surface area contributed by atoms with Crippen molar-refractivity contribution >= 4 is 5.69 Å². The molecule has 0 saturated heterocycles. The maximum atomic E-state index is 13.5. The number of rotatable bonds is 5. The van der Waals surface area contributed by atoms with Crippen molar-refractivity contribution in [1.29, 1.82) is 0 Å². The number of halogens is 3. The van der Waals surface area contributed by atoms with Crippen LogP contribution in [0.25, 0.3) is 0 Å². The second kappa shape index (κ2) is 6.44. The molecule has 0 aromatic heterocycles. The van der Waals surface area contributed by atoms with Crippen LogP contribution in [-0.2, 0) is 0 Å². The van der Waals surface area contributed by atoms with Crippen LogP contribution < -0.4 is 4.74 Å². The Balaban J connectivity index is 2.14. The molecule has 22 heavy (non-hydrogen) atoms. The standard InChI is InChI=1S/C14H10F3NO4/c15-8-4-9(18(20)21)6-10(5-8)22-7-13(19)14-11(16)2-1-3-12(14)17/h1-6,13,19H,7H2. The molecule has 2 aromatic carbocycles. The number of aliphatic hydroxyl groups is 1. The Hall–Kier alpha value is -2.61. The molecule has 116 valence electrons. The summed E-state index contributed by atoms with van der Waals surface area (Å²) in [7, 11) is 0. The van der Waals surface area contributed by atoms with E-state index in [9.17, 15) is 28.4 Å². The molecule has 0 heterocycles. The predicted octanol–water partition coefficient (Wildman–Crippen LogP) is 3.12. The van der Waals surface area contributed by atoms with Crippen LogP contribution in [0.4, 0.5) is 18.9 Å². The van der Waals surface area contributed by atoms with Gasteiger partial charge in [-0.3, -0.25) is 10.1 Å². The van der Waals surface area contributed by atoms with Gasteiger partial charge in [0.2, 0.25) is 0 Å². The van der Waals surface area contributed by atoms with Gasteiger partial charge in [0, 0.05) is 6.07 Å². The second-order valence-corrected chi connectivity index (χ2v) is 4.36. The normalized spacial score (nSPS) is 12.0. The first-order valence-corrected chi connectivity index (χ1v) is 6.08. The monoisotopic (exact) mass is 313 g/mol. The fraction of sp³-hybridized carbons (Fsp3) is 0.143. The Bertz CT molecular complexity index is 688. The van der Waals surface area contributed by atoms with Crippen LogP contribution in [0.15, 0.2) is 36.4 Å². The van der Waals surface area contributed by atoms with E-state index in [2.05, 4.69) is 0 Å². The third-order valence-corrected chi connectivity index (χ3v) is 2.81. The van der Waals surface area contributed by atoms with Gasteiger partial charge in [0.1, 0.15) is 35.9 Å². The Kier molecular flexibility index (Phi) is 4.62. The maximum Gasteiger partial charge on any atom is 0.276 e. The van der Waals surface area contributed by atoms with Gasteiger partial charge in [-0.2, -0.15) is 0 Å². The van der Waals surface area contributed by atoms with Crippen molar-refractivity contribution in [2.45, 2.75) is 6.10 Å². The fourth-order valence-corrected chi connectivity index (χ4v) is 1.82. The summed E-state index contributed by atoms with van der Waals surface area (Å²) >= 11 is 0. The van der Waals surface area contributed by atoms with Gasteiger partial charge in [-0.1, -0.05) is 6.07 Å². The molecule has 2 rings (SSSR count). The summed E-state index contributed by atoms with van der Waals surface area (Å²) in [5.41, 5.74) is -1.13. The smallest absolute Gasteiger partial charge is 0.276 e. The molecule has 2 aromatic rings. The zero-order valence-electron chi connectivity index (χ0n) is 11.0. The highest BCUT2D eigenvalue weighted by atomic mass is 19.1. The van der Waals surface area contributed by atoms with Crippen molar-refractivity contribution in [2.24, 2.45) is 0 Å². The molecule has 0 aliphatic carbocycles. The first-order valence-electron chi connectivity index (χ1n) is 6.08. The van der Waals surface area contributed by atoms with Crippen molar-refractivity contribution in [3.8, 4) is 5.75 Å². The molecule has 8 heteroatoms. The van der Waals surface area contributed by atoms with E-state index < -0.39 is 46.3 Å². The number of non-ortho nitro benzene ring substituents is 1. The molecule has 1 atom stereocenters. The van der Waals surface area contributed by atoms with E-state index in [0.29, 0.717) is 6.07 Å². The van der Waals surface area contributed by atoms with E-state index in [1.807, 2.05) is 0 Å². The summed E-state index contributed by atoms with van der Waals surface area (Å²) in [4.78, 5) is 9.77. The van der Waals surface area contributed by atoms with E-state index >= 15 is 0 Å². The van der Waals surface area contributed by atoms with Gasteiger partial charge < -0.3 is 9.84 Å². The zero-order chi connectivity index (χ0) is 16.3. The van der Waals surface area contributed by atoms with E-state index in [4.69, 9.17) is 4.74 Å². The van der Waals surface area contributed by atoms with E-state index in [-0.39, 0.29) is 5.75 Å². The third-order valence-electron chi connectivity index (χ3n) is 2.81. The van der Waals surface area contributed by atoms with Crippen molar-refractivity contribution in [1.82, 2.24) is 0 Å². The molecule has 0 fully saturated rings. The summed E-state index contributed by atoms with van der Waals surface area (Å²) < 4.78 is 45.1. The molecule has 0 bridgehead atoms. The molecule has 0 amide bonds. The van der Waals surface area contributed by atoms with Gasteiger partial charge in [0.25, 0.3) is 5.69 Å². The van der Waals surface area contributed by atoms with Crippen LogP contribution >= 0.6 is 0 Å². The van der Waals surface area contributed by atoms with Crippen LogP contribution in [0.1, 0.15) is 11.7 Å². The molecule has 0 radical (unpaired) electrons. The molecule has 0 saturated carbocycles. The number of hydrogen-bond acceptors (Lipinski definition) is 4. The lowest BCUT2D eigenvalue weighted by atomic mass is 10.1. The summed E-state index contributed by atoms with van der Waals surface area (Å²) in [5, 5.41) is 20.3. The van der Waals surface area contributed by atoms with E-state index in [1.165, 1.54) is 0 Å². The average molecular weight is 313 g/mol. The number of aliphatic hydroxyl groups excluding tert-OH is 1. The Morgan fingerprint density at radius 3 is 2.41 bits per heavy atom.